The number of aromatic nitrogens is 2. The van der Waals surface area contributed by atoms with Crippen LogP contribution >= 0.6 is 0 Å². The van der Waals surface area contributed by atoms with Crippen molar-refractivity contribution >= 4 is 27.6 Å². The van der Waals surface area contributed by atoms with Crippen molar-refractivity contribution in [1.82, 2.24) is 9.97 Å². The van der Waals surface area contributed by atoms with Gasteiger partial charge in [0.05, 0.1) is 11.5 Å². The van der Waals surface area contributed by atoms with Crippen LogP contribution in [0.2, 0.25) is 0 Å². The lowest BCUT2D eigenvalue weighted by molar-refractivity contribution is 0.102. The first-order valence-electron chi connectivity index (χ1n) is 10.6. The lowest BCUT2D eigenvalue weighted by atomic mass is 10.1. The number of ether oxygens (including phenoxy) is 1. The molecule has 1 heterocycles. The number of carbonyl (C=O) groups excluding carboxylic acids is 1. The summed E-state index contributed by atoms with van der Waals surface area (Å²) in [6, 6.07) is 14.5. The Bertz CT molecular complexity index is 1190. The van der Waals surface area contributed by atoms with Gasteiger partial charge in [-0.3, -0.25) is 4.79 Å². The van der Waals surface area contributed by atoms with Gasteiger partial charge in [0.2, 0.25) is 5.95 Å². The molecule has 9 heteroatoms. The third-order valence-corrected chi connectivity index (χ3v) is 6.05. The minimum atomic E-state index is -3.86. The number of benzene rings is 2. The van der Waals surface area contributed by atoms with Crippen molar-refractivity contribution in [1.29, 1.82) is 0 Å². The highest BCUT2D eigenvalue weighted by Gasteiger charge is 2.16. The van der Waals surface area contributed by atoms with E-state index in [4.69, 9.17) is 4.74 Å². The van der Waals surface area contributed by atoms with Crippen LogP contribution in [-0.4, -0.2) is 30.9 Å². The van der Waals surface area contributed by atoms with Gasteiger partial charge in [-0.1, -0.05) is 13.8 Å². The minimum Gasteiger partial charge on any atom is -0.494 e. The molecule has 3 rings (SSSR count). The molecule has 1 amide bonds. The molecule has 2 aromatic carbocycles. The first kappa shape index (κ1) is 24.2. The average molecular weight is 469 g/mol. The molecule has 8 nitrogen and oxygen atoms in total. The summed E-state index contributed by atoms with van der Waals surface area (Å²) in [6.45, 7) is 8.42. The van der Waals surface area contributed by atoms with E-state index in [0.29, 0.717) is 40.9 Å². The zero-order valence-corrected chi connectivity index (χ0v) is 19.9. The Hall–Kier alpha value is -3.46. The monoisotopic (exact) mass is 468 g/mol. The summed E-state index contributed by atoms with van der Waals surface area (Å²) in [5.41, 5.74) is 2.26. The normalized spacial score (nSPS) is 11.3. The van der Waals surface area contributed by atoms with Gasteiger partial charge in [-0.05, 0) is 80.8 Å². The van der Waals surface area contributed by atoms with E-state index in [1.54, 1.807) is 44.2 Å². The van der Waals surface area contributed by atoms with Crippen LogP contribution in [0.3, 0.4) is 0 Å². The van der Waals surface area contributed by atoms with Gasteiger partial charge in [0, 0.05) is 22.6 Å². The van der Waals surface area contributed by atoms with Crippen molar-refractivity contribution in [2.24, 2.45) is 5.92 Å². The van der Waals surface area contributed by atoms with E-state index in [1.807, 2.05) is 0 Å². The Morgan fingerprint density at radius 2 is 1.58 bits per heavy atom. The second-order valence-corrected chi connectivity index (χ2v) is 9.80. The number of hydrogen-bond donors (Lipinski definition) is 2. The predicted molar refractivity (Wildman–Crippen MR) is 128 cm³/mol. The second-order valence-electron chi connectivity index (χ2n) is 8.11. The first-order valence-corrected chi connectivity index (χ1v) is 12.1. The first-order chi connectivity index (χ1) is 15.6. The van der Waals surface area contributed by atoms with Crippen LogP contribution in [0, 0.1) is 19.8 Å². The molecule has 0 aliphatic carbocycles. The number of rotatable bonds is 9. The van der Waals surface area contributed by atoms with Gasteiger partial charge in [0.1, 0.15) is 5.75 Å². The van der Waals surface area contributed by atoms with Crippen molar-refractivity contribution < 1.29 is 17.9 Å². The smallest absolute Gasteiger partial charge is 0.264 e. The molecular weight excluding hydrogens is 440 g/mol. The Morgan fingerprint density at radius 3 is 2.15 bits per heavy atom. The number of anilines is 2. The summed E-state index contributed by atoms with van der Waals surface area (Å²) >= 11 is 0. The molecule has 1 aromatic heterocycles. The van der Waals surface area contributed by atoms with Gasteiger partial charge in [-0.15, -0.1) is 0 Å². The maximum atomic E-state index is 12.6. The number of carbonyl (C=O) groups is 1. The van der Waals surface area contributed by atoms with E-state index in [1.165, 1.54) is 24.3 Å². The third kappa shape index (κ3) is 7.01. The number of nitrogens with one attached hydrogen (secondary N) is 2. The molecule has 0 aliphatic rings. The van der Waals surface area contributed by atoms with Gasteiger partial charge in [-0.2, -0.15) is 0 Å². The van der Waals surface area contributed by atoms with Crippen molar-refractivity contribution in [2.45, 2.75) is 39.0 Å². The average Bonchev–Trinajstić information content (AvgIpc) is 2.73. The molecule has 3 aromatic rings. The SMILES string of the molecule is Cc1cc(C)nc(NS(=O)(=O)c2ccc(NC(=O)c3ccc(OCCC(C)C)cc3)cc2)n1. The molecule has 33 heavy (non-hydrogen) atoms. The van der Waals surface area contributed by atoms with E-state index >= 15 is 0 Å². The zero-order chi connectivity index (χ0) is 24.0. The van der Waals surface area contributed by atoms with Crippen LogP contribution in [0.15, 0.2) is 59.5 Å². The van der Waals surface area contributed by atoms with Crippen LogP contribution < -0.4 is 14.8 Å². The van der Waals surface area contributed by atoms with Crippen molar-refractivity contribution in [3.05, 3.63) is 71.5 Å². The van der Waals surface area contributed by atoms with Gasteiger partial charge in [0.25, 0.3) is 15.9 Å². The largest absolute Gasteiger partial charge is 0.494 e. The molecule has 0 saturated heterocycles. The highest BCUT2D eigenvalue weighted by Crippen LogP contribution is 2.19. The van der Waals surface area contributed by atoms with Gasteiger partial charge in [0.15, 0.2) is 0 Å². The van der Waals surface area contributed by atoms with E-state index in [9.17, 15) is 13.2 Å². The Labute approximate surface area is 194 Å². The fraction of sp³-hybridized carbons (Fsp3) is 0.292. The number of nitrogens with zero attached hydrogens (tertiary/aromatic N) is 2. The fourth-order valence-electron chi connectivity index (χ4n) is 2.99. The highest BCUT2D eigenvalue weighted by atomic mass is 32.2. The molecule has 0 bridgehead atoms. The quantitative estimate of drug-likeness (QED) is 0.476. The Kier molecular flexibility index (Phi) is 7.65. The van der Waals surface area contributed by atoms with E-state index in [0.717, 1.165) is 6.42 Å². The summed E-state index contributed by atoms with van der Waals surface area (Å²) in [5, 5.41) is 2.76. The Morgan fingerprint density at radius 1 is 0.970 bits per heavy atom. The van der Waals surface area contributed by atoms with Crippen LogP contribution in [0.4, 0.5) is 11.6 Å². The van der Waals surface area contributed by atoms with E-state index in [2.05, 4.69) is 33.9 Å². The molecule has 0 fully saturated rings. The van der Waals surface area contributed by atoms with Crippen LogP contribution in [-0.2, 0) is 10.0 Å². The summed E-state index contributed by atoms with van der Waals surface area (Å²) < 4.78 is 33.3. The molecule has 0 unspecified atom stereocenters. The maximum absolute atomic E-state index is 12.6. The van der Waals surface area contributed by atoms with E-state index in [-0.39, 0.29) is 16.8 Å². The van der Waals surface area contributed by atoms with Crippen LogP contribution in [0.5, 0.6) is 5.75 Å². The second kappa shape index (κ2) is 10.4. The van der Waals surface area contributed by atoms with Crippen LogP contribution in [0.25, 0.3) is 0 Å². The topological polar surface area (TPSA) is 110 Å². The summed E-state index contributed by atoms with van der Waals surface area (Å²) in [6.07, 6.45) is 0.959. The van der Waals surface area contributed by atoms with Gasteiger partial charge >= 0.3 is 0 Å². The fourth-order valence-corrected chi connectivity index (χ4v) is 3.93. The standard InChI is InChI=1S/C24H28N4O4S/c1-16(2)13-14-32-21-9-5-19(6-10-21)23(29)27-20-7-11-22(12-8-20)33(30,31)28-24-25-17(3)15-18(4)26-24/h5-12,15-16H,13-14H2,1-4H3,(H,27,29)(H,25,26,28). The molecule has 0 radical (unpaired) electrons. The zero-order valence-electron chi connectivity index (χ0n) is 19.1. The third-order valence-electron chi connectivity index (χ3n) is 4.71. The minimum absolute atomic E-state index is 0.0153. The molecule has 0 aliphatic heterocycles. The molecule has 2 N–H and O–H groups in total. The highest BCUT2D eigenvalue weighted by molar-refractivity contribution is 7.92. The summed E-state index contributed by atoms with van der Waals surface area (Å²) in [4.78, 5) is 20.7. The van der Waals surface area contributed by atoms with Gasteiger partial charge < -0.3 is 10.1 Å². The number of sulfonamides is 1. The summed E-state index contributed by atoms with van der Waals surface area (Å²) in [7, 11) is -3.86. The number of hydrogen-bond acceptors (Lipinski definition) is 6. The lowest BCUT2D eigenvalue weighted by Crippen LogP contribution is -2.16. The van der Waals surface area contributed by atoms with E-state index < -0.39 is 10.0 Å². The molecular formula is C24H28N4O4S. The predicted octanol–water partition coefficient (Wildman–Crippen LogP) is 4.57. The van der Waals surface area contributed by atoms with Gasteiger partial charge in [-0.25, -0.2) is 23.1 Å². The number of aryl methyl sites for hydroxylation is 2. The lowest BCUT2D eigenvalue weighted by Gasteiger charge is -2.10. The maximum Gasteiger partial charge on any atom is 0.264 e. The van der Waals surface area contributed by atoms with Crippen molar-refractivity contribution in [2.75, 3.05) is 16.6 Å². The Balaban J connectivity index is 1.62. The molecule has 0 spiro atoms. The summed E-state index contributed by atoms with van der Waals surface area (Å²) in [5.74, 6) is 0.983. The number of amides is 1. The molecule has 0 saturated carbocycles. The molecule has 174 valence electrons. The molecule has 0 atom stereocenters. The van der Waals surface area contributed by atoms with Crippen molar-refractivity contribution in [3.63, 3.8) is 0 Å². The van der Waals surface area contributed by atoms with Crippen molar-refractivity contribution in [3.8, 4) is 5.75 Å². The van der Waals surface area contributed by atoms with Crippen LogP contribution in [0.1, 0.15) is 42.0 Å².